The fourth-order valence-corrected chi connectivity index (χ4v) is 4.68. The number of carbonyl (C=O) groups is 1. The number of aliphatic hydroxyl groups excluding tert-OH is 2. The summed E-state index contributed by atoms with van der Waals surface area (Å²) in [5, 5.41) is 41.2. The first-order valence-electron chi connectivity index (χ1n) is 11.2. The second-order valence-corrected chi connectivity index (χ2v) is 8.75. The van der Waals surface area contributed by atoms with Crippen LogP contribution < -0.4 is 0 Å². The molecule has 4 N–H and O–H groups in total. The van der Waals surface area contributed by atoms with E-state index in [0.717, 1.165) is 12.8 Å². The molecule has 0 aliphatic heterocycles. The van der Waals surface area contributed by atoms with Crippen molar-refractivity contribution in [3.05, 3.63) is 12.2 Å². The minimum absolute atomic E-state index is 0.145. The molecule has 0 amide bonds. The number of hydrogen-bond donors (Lipinski definition) is 4. The topological polar surface area (TPSA) is 98.0 Å². The van der Waals surface area contributed by atoms with Crippen LogP contribution >= 0.6 is 0 Å². The van der Waals surface area contributed by atoms with Crippen LogP contribution in [0.3, 0.4) is 0 Å². The summed E-state index contributed by atoms with van der Waals surface area (Å²) in [7, 11) is 0. The van der Waals surface area contributed by atoms with Crippen LogP contribution in [0.1, 0.15) is 91.4 Å². The van der Waals surface area contributed by atoms with Gasteiger partial charge in [-0.05, 0) is 43.9 Å². The van der Waals surface area contributed by atoms with Gasteiger partial charge in [-0.15, -0.1) is 0 Å². The molecule has 1 aliphatic rings. The fraction of sp³-hybridized carbons (Fsp3) is 0.870. The monoisotopic (exact) mass is 398 g/mol. The van der Waals surface area contributed by atoms with Crippen molar-refractivity contribution in [2.75, 3.05) is 0 Å². The van der Waals surface area contributed by atoms with Crippen molar-refractivity contribution < 1.29 is 25.2 Å². The number of carboxylic acid groups (broad SMARTS) is 1. The van der Waals surface area contributed by atoms with Gasteiger partial charge in [0.05, 0.1) is 17.8 Å². The smallest absolute Gasteiger partial charge is 0.303 e. The zero-order valence-electron chi connectivity index (χ0n) is 18.0. The Morgan fingerprint density at radius 2 is 1.82 bits per heavy atom. The molecule has 1 rings (SSSR count). The standard InChI is InChI=1S/C23H42O5/c1-4-6-7-8-9-15-23(28,5-2)22-18(19(24)16-20(22)25)12-10-11-17(3)13-14-21(26)27/h10-11,17-20,22,24-25,28H,4-9,12-16H2,1-3H3,(H,26,27)/t17?,18-,19?,20-,22-,23?/m0/s1. The third-order valence-corrected chi connectivity index (χ3v) is 6.49. The lowest BCUT2D eigenvalue weighted by molar-refractivity contribution is -0.137. The summed E-state index contributed by atoms with van der Waals surface area (Å²) >= 11 is 0. The molecule has 1 aliphatic carbocycles. The molecule has 0 radical (unpaired) electrons. The van der Waals surface area contributed by atoms with Crippen LogP contribution in [0.5, 0.6) is 0 Å². The fourth-order valence-electron chi connectivity index (χ4n) is 4.68. The van der Waals surface area contributed by atoms with Gasteiger partial charge in [-0.3, -0.25) is 4.79 Å². The predicted octanol–water partition coefficient (Wildman–Crippen LogP) is 4.29. The van der Waals surface area contributed by atoms with Gasteiger partial charge >= 0.3 is 5.97 Å². The van der Waals surface area contributed by atoms with E-state index in [1.165, 1.54) is 19.3 Å². The Morgan fingerprint density at radius 1 is 1.14 bits per heavy atom. The maximum Gasteiger partial charge on any atom is 0.303 e. The zero-order chi connectivity index (χ0) is 21.2. The van der Waals surface area contributed by atoms with E-state index in [9.17, 15) is 20.1 Å². The van der Waals surface area contributed by atoms with Gasteiger partial charge in [0.15, 0.2) is 0 Å². The molecule has 1 fully saturated rings. The molecule has 5 heteroatoms. The normalized spacial score (nSPS) is 28.5. The third kappa shape index (κ3) is 7.84. The number of aliphatic hydroxyl groups is 3. The van der Waals surface area contributed by atoms with Gasteiger partial charge < -0.3 is 20.4 Å². The van der Waals surface area contributed by atoms with Gasteiger partial charge in [0.2, 0.25) is 0 Å². The molecular weight excluding hydrogens is 356 g/mol. The van der Waals surface area contributed by atoms with Crippen LogP contribution in [0.4, 0.5) is 0 Å². The Labute approximate surface area is 170 Å². The van der Waals surface area contributed by atoms with Crippen LogP contribution in [0.15, 0.2) is 12.2 Å². The summed E-state index contributed by atoms with van der Waals surface area (Å²) in [6, 6.07) is 0. The van der Waals surface area contributed by atoms with Crippen molar-refractivity contribution in [3.8, 4) is 0 Å². The highest BCUT2D eigenvalue weighted by Gasteiger charge is 2.50. The molecule has 0 saturated heterocycles. The Kier molecular flexibility index (Phi) is 11.3. The molecule has 0 bridgehead atoms. The van der Waals surface area contributed by atoms with Gasteiger partial charge in [0.1, 0.15) is 0 Å². The second-order valence-electron chi connectivity index (χ2n) is 8.75. The van der Waals surface area contributed by atoms with E-state index >= 15 is 0 Å². The molecule has 1 saturated carbocycles. The number of carboxylic acids is 1. The van der Waals surface area contributed by atoms with Crippen molar-refractivity contribution in [2.24, 2.45) is 17.8 Å². The third-order valence-electron chi connectivity index (χ3n) is 6.49. The highest BCUT2D eigenvalue weighted by molar-refractivity contribution is 5.66. The van der Waals surface area contributed by atoms with E-state index in [1.807, 2.05) is 26.0 Å². The molecule has 6 atom stereocenters. The Hall–Kier alpha value is -0.910. The molecule has 28 heavy (non-hydrogen) atoms. The number of unbranched alkanes of at least 4 members (excludes halogenated alkanes) is 4. The SMILES string of the molecule is CCCCCCCC(O)(CC)[C@@H]1[C@@H](O)CC(O)[C@@H]1CC=CC(C)CCC(=O)O. The number of hydrogen-bond acceptors (Lipinski definition) is 4. The van der Waals surface area contributed by atoms with Crippen molar-refractivity contribution in [3.63, 3.8) is 0 Å². The molecule has 3 unspecified atom stereocenters. The maximum absolute atomic E-state index is 11.3. The maximum atomic E-state index is 11.3. The van der Waals surface area contributed by atoms with E-state index in [4.69, 9.17) is 5.11 Å². The van der Waals surface area contributed by atoms with E-state index in [0.29, 0.717) is 32.1 Å². The minimum Gasteiger partial charge on any atom is -0.481 e. The number of allylic oxidation sites excluding steroid dienone is 2. The van der Waals surface area contributed by atoms with Gasteiger partial charge in [-0.1, -0.05) is 65.0 Å². The van der Waals surface area contributed by atoms with Gasteiger partial charge in [-0.25, -0.2) is 0 Å². The minimum atomic E-state index is -0.948. The second kappa shape index (κ2) is 12.6. The highest BCUT2D eigenvalue weighted by Crippen LogP contribution is 2.45. The average Bonchev–Trinajstić information content (AvgIpc) is 2.93. The molecular formula is C23H42O5. The Balaban J connectivity index is 2.70. The molecule has 0 aromatic carbocycles. The summed E-state index contributed by atoms with van der Waals surface area (Å²) in [5.41, 5.74) is -0.948. The van der Waals surface area contributed by atoms with E-state index in [1.54, 1.807) is 0 Å². The lowest BCUT2D eigenvalue weighted by Crippen LogP contribution is -2.45. The molecule has 0 heterocycles. The first kappa shape index (κ1) is 25.1. The molecule has 0 aromatic rings. The summed E-state index contributed by atoms with van der Waals surface area (Å²) in [6.45, 7) is 6.12. The number of aliphatic carboxylic acids is 1. The van der Waals surface area contributed by atoms with Gasteiger partial charge in [-0.2, -0.15) is 0 Å². The van der Waals surface area contributed by atoms with Gasteiger partial charge in [0.25, 0.3) is 0 Å². The lowest BCUT2D eigenvalue weighted by Gasteiger charge is -2.39. The predicted molar refractivity (Wildman–Crippen MR) is 112 cm³/mol. The molecule has 5 nitrogen and oxygen atoms in total. The lowest BCUT2D eigenvalue weighted by atomic mass is 9.73. The molecule has 0 spiro atoms. The van der Waals surface area contributed by atoms with Crippen molar-refractivity contribution >= 4 is 5.97 Å². The van der Waals surface area contributed by atoms with Crippen molar-refractivity contribution in [1.82, 2.24) is 0 Å². The molecule has 0 aromatic heterocycles. The van der Waals surface area contributed by atoms with Crippen LogP contribution in [-0.4, -0.2) is 44.2 Å². The van der Waals surface area contributed by atoms with Crippen molar-refractivity contribution in [1.29, 1.82) is 0 Å². The number of rotatable bonds is 14. The van der Waals surface area contributed by atoms with Crippen LogP contribution in [0.25, 0.3) is 0 Å². The zero-order valence-corrected chi connectivity index (χ0v) is 18.0. The summed E-state index contributed by atoms with van der Waals surface area (Å²) in [6.07, 6.45) is 11.2. The van der Waals surface area contributed by atoms with Crippen LogP contribution in [-0.2, 0) is 4.79 Å². The highest BCUT2D eigenvalue weighted by atomic mass is 16.4. The van der Waals surface area contributed by atoms with E-state index in [-0.39, 0.29) is 24.2 Å². The summed E-state index contributed by atoms with van der Waals surface area (Å²) < 4.78 is 0. The van der Waals surface area contributed by atoms with E-state index in [2.05, 4.69) is 6.92 Å². The first-order valence-corrected chi connectivity index (χ1v) is 11.2. The van der Waals surface area contributed by atoms with Crippen molar-refractivity contribution in [2.45, 2.75) is 109 Å². The van der Waals surface area contributed by atoms with Crippen LogP contribution in [0, 0.1) is 17.8 Å². The Morgan fingerprint density at radius 3 is 2.43 bits per heavy atom. The molecule has 164 valence electrons. The van der Waals surface area contributed by atoms with E-state index < -0.39 is 23.8 Å². The summed E-state index contributed by atoms with van der Waals surface area (Å²) in [5.74, 6) is -1.13. The first-order chi connectivity index (χ1) is 13.2. The quantitative estimate of drug-likeness (QED) is 0.258. The Bertz CT molecular complexity index is 478. The van der Waals surface area contributed by atoms with Gasteiger partial charge in [0, 0.05) is 12.3 Å². The average molecular weight is 399 g/mol. The largest absolute Gasteiger partial charge is 0.481 e. The van der Waals surface area contributed by atoms with Crippen LogP contribution in [0.2, 0.25) is 0 Å². The summed E-state index contributed by atoms with van der Waals surface area (Å²) in [4.78, 5) is 10.7.